The SMILES string of the molecule is NOCc1cnnn1-c1ccccc1Cl. The van der Waals surface area contributed by atoms with Gasteiger partial charge in [0.1, 0.15) is 6.61 Å². The van der Waals surface area contributed by atoms with Gasteiger partial charge in [-0.1, -0.05) is 28.9 Å². The maximum Gasteiger partial charge on any atom is 0.112 e. The Morgan fingerprint density at radius 2 is 2.20 bits per heavy atom. The van der Waals surface area contributed by atoms with Crippen molar-refractivity contribution in [2.75, 3.05) is 0 Å². The molecule has 0 amide bonds. The van der Waals surface area contributed by atoms with Gasteiger partial charge in [-0.15, -0.1) is 5.10 Å². The lowest BCUT2D eigenvalue weighted by Crippen LogP contribution is -2.07. The van der Waals surface area contributed by atoms with Crippen LogP contribution >= 0.6 is 11.6 Å². The summed E-state index contributed by atoms with van der Waals surface area (Å²) in [4.78, 5) is 4.54. The van der Waals surface area contributed by atoms with Gasteiger partial charge >= 0.3 is 0 Å². The molecule has 0 aliphatic heterocycles. The van der Waals surface area contributed by atoms with Crippen molar-refractivity contribution < 1.29 is 4.84 Å². The molecule has 0 aliphatic carbocycles. The molecule has 0 bridgehead atoms. The number of hydrogen-bond acceptors (Lipinski definition) is 4. The van der Waals surface area contributed by atoms with Crippen molar-refractivity contribution in [1.82, 2.24) is 15.0 Å². The lowest BCUT2D eigenvalue weighted by molar-refractivity contribution is 0.119. The van der Waals surface area contributed by atoms with Crippen molar-refractivity contribution in [3.05, 3.63) is 41.2 Å². The zero-order chi connectivity index (χ0) is 10.7. The molecule has 0 fully saturated rings. The first-order chi connectivity index (χ1) is 7.33. The second kappa shape index (κ2) is 4.39. The quantitative estimate of drug-likeness (QED) is 0.799. The smallest absolute Gasteiger partial charge is 0.112 e. The second-order valence-corrected chi connectivity index (χ2v) is 3.31. The third-order valence-corrected chi connectivity index (χ3v) is 2.25. The fourth-order valence-corrected chi connectivity index (χ4v) is 1.48. The molecule has 6 heteroatoms. The number of nitrogens with zero attached hydrogens (tertiary/aromatic N) is 3. The van der Waals surface area contributed by atoms with E-state index < -0.39 is 0 Å². The highest BCUT2D eigenvalue weighted by Crippen LogP contribution is 2.19. The zero-order valence-electron chi connectivity index (χ0n) is 7.80. The Balaban J connectivity index is 2.45. The number of halogens is 1. The van der Waals surface area contributed by atoms with Gasteiger partial charge < -0.3 is 0 Å². The molecular weight excluding hydrogens is 216 g/mol. The molecule has 1 heterocycles. The van der Waals surface area contributed by atoms with E-state index in [1.165, 1.54) is 0 Å². The summed E-state index contributed by atoms with van der Waals surface area (Å²) in [7, 11) is 0. The van der Waals surface area contributed by atoms with E-state index in [2.05, 4.69) is 15.1 Å². The molecule has 1 aromatic heterocycles. The third kappa shape index (κ3) is 1.99. The fraction of sp³-hybridized carbons (Fsp3) is 0.111. The first-order valence-electron chi connectivity index (χ1n) is 4.29. The molecule has 0 atom stereocenters. The normalized spacial score (nSPS) is 10.5. The summed E-state index contributed by atoms with van der Waals surface area (Å²) in [5.41, 5.74) is 1.49. The molecule has 0 spiro atoms. The van der Waals surface area contributed by atoms with Gasteiger partial charge in [-0.2, -0.15) is 0 Å². The summed E-state index contributed by atoms with van der Waals surface area (Å²) >= 11 is 6.03. The largest absolute Gasteiger partial charge is 0.298 e. The van der Waals surface area contributed by atoms with Crippen LogP contribution in [0.5, 0.6) is 0 Å². The molecule has 2 rings (SSSR count). The van der Waals surface area contributed by atoms with Crippen LogP contribution in [0.25, 0.3) is 5.69 Å². The Bertz CT molecular complexity index is 457. The van der Waals surface area contributed by atoms with E-state index in [-0.39, 0.29) is 6.61 Å². The monoisotopic (exact) mass is 224 g/mol. The molecule has 0 aliphatic rings. The van der Waals surface area contributed by atoms with Crippen molar-refractivity contribution >= 4 is 11.6 Å². The summed E-state index contributed by atoms with van der Waals surface area (Å²) in [6.07, 6.45) is 1.58. The Kier molecular flexibility index (Phi) is 2.96. The van der Waals surface area contributed by atoms with Gasteiger partial charge in [0, 0.05) is 0 Å². The minimum absolute atomic E-state index is 0.234. The molecule has 0 unspecified atom stereocenters. The highest BCUT2D eigenvalue weighted by molar-refractivity contribution is 6.32. The number of rotatable bonds is 3. The van der Waals surface area contributed by atoms with E-state index in [0.29, 0.717) is 5.02 Å². The van der Waals surface area contributed by atoms with Crippen LogP contribution in [0.3, 0.4) is 0 Å². The lowest BCUT2D eigenvalue weighted by Gasteiger charge is -2.06. The fourth-order valence-electron chi connectivity index (χ4n) is 1.27. The Hall–Kier alpha value is -1.43. The van der Waals surface area contributed by atoms with Crippen LogP contribution in [0.1, 0.15) is 5.69 Å². The van der Waals surface area contributed by atoms with Crippen molar-refractivity contribution in [3.8, 4) is 5.69 Å². The van der Waals surface area contributed by atoms with Gasteiger partial charge in [-0.3, -0.25) is 4.84 Å². The average molecular weight is 225 g/mol. The van der Waals surface area contributed by atoms with Crippen LogP contribution in [-0.4, -0.2) is 15.0 Å². The number of benzene rings is 1. The minimum atomic E-state index is 0.234. The Labute approximate surface area is 91.4 Å². The van der Waals surface area contributed by atoms with Crippen LogP contribution in [0.2, 0.25) is 5.02 Å². The van der Waals surface area contributed by atoms with Crippen molar-refractivity contribution in [3.63, 3.8) is 0 Å². The predicted molar refractivity (Wildman–Crippen MR) is 55.3 cm³/mol. The third-order valence-electron chi connectivity index (χ3n) is 1.93. The van der Waals surface area contributed by atoms with E-state index in [4.69, 9.17) is 17.5 Å². The van der Waals surface area contributed by atoms with Gasteiger partial charge in [0.2, 0.25) is 0 Å². The van der Waals surface area contributed by atoms with Gasteiger partial charge in [0.15, 0.2) is 0 Å². The van der Waals surface area contributed by atoms with Crippen LogP contribution in [0, 0.1) is 0 Å². The van der Waals surface area contributed by atoms with E-state index in [9.17, 15) is 0 Å². The number of aromatic nitrogens is 3. The zero-order valence-corrected chi connectivity index (χ0v) is 8.55. The Morgan fingerprint density at radius 1 is 1.40 bits per heavy atom. The van der Waals surface area contributed by atoms with Crippen molar-refractivity contribution in [2.24, 2.45) is 5.90 Å². The second-order valence-electron chi connectivity index (χ2n) is 2.90. The van der Waals surface area contributed by atoms with Gasteiger partial charge in [-0.25, -0.2) is 10.6 Å². The maximum atomic E-state index is 6.03. The molecule has 1 aromatic carbocycles. The average Bonchev–Trinajstić information content (AvgIpc) is 2.67. The van der Waals surface area contributed by atoms with Gasteiger partial charge in [0.25, 0.3) is 0 Å². The molecule has 0 radical (unpaired) electrons. The first kappa shape index (κ1) is 10.1. The van der Waals surface area contributed by atoms with Gasteiger partial charge in [0.05, 0.1) is 22.6 Å². The summed E-state index contributed by atoms with van der Waals surface area (Å²) in [5.74, 6) is 5.00. The van der Waals surface area contributed by atoms with Gasteiger partial charge in [-0.05, 0) is 12.1 Å². The molecule has 78 valence electrons. The molecular formula is C9H9ClN4O. The summed E-state index contributed by atoms with van der Waals surface area (Å²) in [5, 5.41) is 8.29. The topological polar surface area (TPSA) is 66.0 Å². The molecule has 2 N–H and O–H groups in total. The van der Waals surface area contributed by atoms with E-state index in [1.54, 1.807) is 16.9 Å². The molecule has 0 saturated carbocycles. The van der Waals surface area contributed by atoms with E-state index >= 15 is 0 Å². The minimum Gasteiger partial charge on any atom is -0.298 e. The molecule has 5 nitrogen and oxygen atoms in total. The number of nitrogens with two attached hydrogens (primary N) is 1. The highest BCUT2D eigenvalue weighted by Gasteiger charge is 2.08. The highest BCUT2D eigenvalue weighted by atomic mass is 35.5. The summed E-state index contributed by atoms with van der Waals surface area (Å²) in [6, 6.07) is 7.35. The lowest BCUT2D eigenvalue weighted by atomic mass is 10.3. The molecule has 0 saturated heterocycles. The predicted octanol–water partition coefficient (Wildman–Crippen LogP) is 1.31. The number of para-hydroxylation sites is 1. The van der Waals surface area contributed by atoms with Crippen LogP contribution in [0.15, 0.2) is 30.5 Å². The molecule has 2 aromatic rings. The first-order valence-corrected chi connectivity index (χ1v) is 4.67. The van der Waals surface area contributed by atoms with Crippen molar-refractivity contribution in [1.29, 1.82) is 0 Å². The van der Waals surface area contributed by atoms with E-state index in [1.807, 2.05) is 18.2 Å². The Morgan fingerprint density at radius 3 is 2.93 bits per heavy atom. The molecule has 15 heavy (non-hydrogen) atoms. The van der Waals surface area contributed by atoms with E-state index in [0.717, 1.165) is 11.4 Å². The summed E-state index contributed by atoms with van der Waals surface area (Å²) in [6.45, 7) is 0.234. The maximum absolute atomic E-state index is 6.03. The van der Waals surface area contributed by atoms with Crippen LogP contribution in [0.4, 0.5) is 0 Å². The van der Waals surface area contributed by atoms with Crippen LogP contribution in [-0.2, 0) is 11.4 Å². The number of hydrogen-bond donors (Lipinski definition) is 1. The summed E-state index contributed by atoms with van der Waals surface area (Å²) < 4.78 is 1.59. The standard InChI is InChI=1S/C9H9ClN4O/c10-8-3-1-2-4-9(8)14-7(6-15-11)5-12-13-14/h1-5H,6,11H2. The van der Waals surface area contributed by atoms with Crippen LogP contribution < -0.4 is 5.90 Å². The van der Waals surface area contributed by atoms with Crippen molar-refractivity contribution in [2.45, 2.75) is 6.61 Å².